The van der Waals surface area contributed by atoms with Crippen LogP contribution < -0.4 is 5.32 Å². The molecular weight excluding hydrogens is 222 g/mol. The minimum atomic E-state index is -0.793. The fraction of sp³-hybridized carbons (Fsp3) is 0.917. The molecule has 2 aliphatic heterocycles. The molecule has 2 aliphatic rings. The number of carbonyl (C=O) groups excluding carboxylic acids is 1. The minimum absolute atomic E-state index is 0.00531. The van der Waals surface area contributed by atoms with Crippen LogP contribution in [0.15, 0.2) is 0 Å². The van der Waals surface area contributed by atoms with E-state index in [1.807, 2.05) is 6.92 Å². The highest BCUT2D eigenvalue weighted by atomic mass is 16.5. The topological polar surface area (TPSA) is 67.8 Å². The second-order valence-corrected chi connectivity index (χ2v) is 5.13. The van der Waals surface area contributed by atoms with Crippen molar-refractivity contribution in [1.82, 2.24) is 5.32 Å². The highest BCUT2D eigenvalue weighted by molar-refractivity contribution is 5.79. The van der Waals surface area contributed by atoms with E-state index in [0.717, 1.165) is 6.42 Å². The zero-order valence-corrected chi connectivity index (χ0v) is 10.3. The van der Waals surface area contributed by atoms with Crippen LogP contribution in [-0.4, -0.2) is 49.1 Å². The standard InChI is InChI=1S/C12H21NO4/c1-9-6-10(7-17-9)11(14)13-8-12(15)2-4-16-5-3-12/h9-10,15H,2-8H2,1H3,(H,13,14). The Morgan fingerprint density at radius 3 is 2.76 bits per heavy atom. The molecule has 0 aromatic heterocycles. The van der Waals surface area contributed by atoms with E-state index in [4.69, 9.17) is 9.47 Å². The van der Waals surface area contributed by atoms with E-state index in [9.17, 15) is 9.90 Å². The Bertz CT molecular complexity index is 276. The summed E-state index contributed by atoms with van der Waals surface area (Å²) in [7, 11) is 0. The lowest BCUT2D eigenvalue weighted by atomic mass is 9.94. The van der Waals surface area contributed by atoms with Crippen LogP contribution in [0.2, 0.25) is 0 Å². The third-order valence-electron chi connectivity index (χ3n) is 3.58. The predicted molar refractivity (Wildman–Crippen MR) is 61.5 cm³/mol. The van der Waals surface area contributed by atoms with Crippen molar-refractivity contribution in [3.63, 3.8) is 0 Å². The Hall–Kier alpha value is -0.650. The summed E-state index contributed by atoms with van der Waals surface area (Å²) in [5.74, 6) is -0.0669. The summed E-state index contributed by atoms with van der Waals surface area (Å²) in [6.07, 6.45) is 2.11. The van der Waals surface area contributed by atoms with Gasteiger partial charge in [-0.05, 0) is 13.3 Å². The molecule has 98 valence electrons. The lowest BCUT2D eigenvalue weighted by Crippen LogP contribution is -2.48. The van der Waals surface area contributed by atoms with Crippen molar-refractivity contribution in [2.24, 2.45) is 5.92 Å². The molecule has 0 aromatic carbocycles. The first-order valence-electron chi connectivity index (χ1n) is 6.28. The molecule has 17 heavy (non-hydrogen) atoms. The maximum atomic E-state index is 11.8. The molecule has 0 spiro atoms. The van der Waals surface area contributed by atoms with Crippen molar-refractivity contribution < 1.29 is 19.4 Å². The van der Waals surface area contributed by atoms with E-state index >= 15 is 0 Å². The Labute approximate surface area is 101 Å². The van der Waals surface area contributed by atoms with Crippen molar-refractivity contribution >= 4 is 5.91 Å². The van der Waals surface area contributed by atoms with Crippen molar-refractivity contribution in [2.45, 2.75) is 37.9 Å². The van der Waals surface area contributed by atoms with Gasteiger partial charge in [-0.1, -0.05) is 0 Å². The fourth-order valence-electron chi connectivity index (χ4n) is 2.32. The van der Waals surface area contributed by atoms with Gasteiger partial charge >= 0.3 is 0 Å². The smallest absolute Gasteiger partial charge is 0.225 e. The van der Waals surface area contributed by atoms with Gasteiger partial charge in [-0.2, -0.15) is 0 Å². The molecule has 2 rings (SSSR count). The first kappa shape index (κ1) is 12.8. The Morgan fingerprint density at radius 1 is 1.47 bits per heavy atom. The lowest BCUT2D eigenvalue weighted by molar-refractivity contribution is -0.127. The largest absolute Gasteiger partial charge is 0.388 e. The summed E-state index contributed by atoms with van der Waals surface area (Å²) in [5, 5.41) is 13.0. The summed E-state index contributed by atoms with van der Waals surface area (Å²) in [5.41, 5.74) is -0.793. The van der Waals surface area contributed by atoms with Gasteiger partial charge in [-0.25, -0.2) is 0 Å². The summed E-state index contributed by atoms with van der Waals surface area (Å²) in [6.45, 7) is 3.92. The number of hydrogen-bond acceptors (Lipinski definition) is 4. The Balaban J connectivity index is 1.75. The number of hydrogen-bond donors (Lipinski definition) is 2. The number of aliphatic hydroxyl groups is 1. The van der Waals surface area contributed by atoms with Crippen LogP contribution in [0.4, 0.5) is 0 Å². The number of carbonyl (C=O) groups is 1. The molecule has 0 saturated carbocycles. The third kappa shape index (κ3) is 3.40. The molecule has 0 aromatic rings. The maximum Gasteiger partial charge on any atom is 0.225 e. The average Bonchev–Trinajstić information content (AvgIpc) is 2.74. The van der Waals surface area contributed by atoms with E-state index in [1.165, 1.54) is 0 Å². The molecule has 2 unspecified atom stereocenters. The molecule has 5 nitrogen and oxygen atoms in total. The average molecular weight is 243 g/mol. The van der Waals surface area contributed by atoms with Crippen LogP contribution in [0.25, 0.3) is 0 Å². The zero-order valence-electron chi connectivity index (χ0n) is 10.3. The summed E-state index contributed by atoms with van der Waals surface area (Å²) >= 11 is 0. The van der Waals surface area contributed by atoms with Gasteiger partial charge in [0.25, 0.3) is 0 Å². The molecule has 5 heteroatoms. The van der Waals surface area contributed by atoms with Crippen LogP contribution in [0.3, 0.4) is 0 Å². The molecule has 2 saturated heterocycles. The molecule has 2 heterocycles. The van der Waals surface area contributed by atoms with E-state index in [0.29, 0.717) is 39.2 Å². The number of rotatable bonds is 3. The molecule has 2 atom stereocenters. The van der Waals surface area contributed by atoms with Crippen LogP contribution in [0.5, 0.6) is 0 Å². The van der Waals surface area contributed by atoms with Crippen molar-refractivity contribution in [3.8, 4) is 0 Å². The van der Waals surface area contributed by atoms with Gasteiger partial charge in [0.05, 0.1) is 24.2 Å². The zero-order chi connectivity index (χ0) is 12.3. The van der Waals surface area contributed by atoms with Crippen molar-refractivity contribution in [2.75, 3.05) is 26.4 Å². The monoisotopic (exact) mass is 243 g/mol. The molecule has 0 bridgehead atoms. The third-order valence-corrected chi connectivity index (χ3v) is 3.58. The van der Waals surface area contributed by atoms with Gasteiger partial charge < -0.3 is 19.9 Å². The van der Waals surface area contributed by atoms with Gasteiger partial charge in [0, 0.05) is 32.6 Å². The van der Waals surface area contributed by atoms with Crippen LogP contribution in [0.1, 0.15) is 26.2 Å². The summed E-state index contributed by atoms with van der Waals surface area (Å²) in [4.78, 5) is 11.8. The number of ether oxygens (including phenoxy) is 2. The predicted octanol–water partition coefficient (Wildman–Crippen LogP) is 0.0691. The van der Waals surface area contributed by atoms with Gasteiger partial charge in [-0.3, -0.25) is 4.79 Å². The van der Waals surface area contributed by atoms with Crippen LogP contribution in [-0.2, 0) is 14.3 Å². The van der Waals surface area contributed by atoms with Crippen LogP contribution in [0, 0.1) is 5.92 Å². The minimum Gasteiger partial charge on any atom is -0.388 e. The first-order valence-corrected chi connectivity index (χ1v) is 6.28. The molecule has 0 radical (unpaired) electrons. The second kappa shape index (κ2) is 5.33. The Morgan fingerprint density at radius 2 is 2.18 bits per heavy atom. The van der Waals surface area contributed by atoms with E-state index < -0.39 is 5.60 Å². The number of nitrogens with one attached hydrogen (secondary N) is 1. The fourth-order valence-corrected chi connectivity index (χ4v) is 2.32. The van der Waals surface area contributed by atoms with Gasteiger partial charge in [-0.15, -0.1) is 0 Å². The van der Waals surface area contributed by atoms with Gasteiger partial charge in [0.2, 0.25) is 5.91 Å². The SMILES string of the molecule is CC1CC(C(=O)NCC2(O)CCOCC2)CO1. The molecular formula is C12H21NO4. The van der Waals surface area contributed by atoms with Crippen molar-refractivity contribution in [1.29, 1.82) is 0 Å². The van der Waals surface area contributed by atoms with E-state index in [-0.39, 0.29) is 17.9 Å². The molecule has 1 amide bonds. The van der Waals surface area contributed by atoms with Gasteiger partial charge in [0.15, 0.2) is 0 Å². The first-order chi connectivity index (χ1) is 8.09. The van der Waals surface area contributed by atoms with E-state index in [1.54, 1.807) is 0 Å². The number of amides is 1. The second-order valence-electron chi connectivity index (χ2n) is 5.13. The van der Waals surface area contributed by atoms with Crippen LogP contribution >= 0.6 is 0 Å². The summed E-state index contributed by atoms with van der Waals surface area (Å²) in [6, 6.07) is 0. The van der Waals surface area contributed by atoms with Crippen molar-refractivity contribution in [3.05, 3.63) is 0 Å². The quantitative estimate of drug-likeness (QED) is 0.736. The maximum absolute atomic E-state index is 11.8. The summed E-state index contributed by atoms with van der Waals surface area (Å²) < 4.78 is 10.6. The molecule has 2 N–H and O–H groups in total. The van der Waals surface area contributed by atoms with E-state index in [2.05, 4.69) is 5.32 Å². The lowest BCUT2D eigenvalue weighted by Gasteiger charge is -2.32. The Kier molecular flexibility index (Phi) is 4.01. The highest BCUT2D eigenvalue weighted by Gasteiger charge is 2.33. The molecule has 0 aliphatic carbocycles. The van der Waals surface area contributed by atoms with Gasteiger partial charge in [0.1, 0.15) is 0 Å². The normalized spacial score (nSPS) is 32.4. The molecule has 2 fully saturated rings. The highest BCUT2D eigenvalue weighted by Crippen LogP contribution is 2.21.